The number of carbonyl (C=O) groups is 1. The number of likely N-dealkylation sites (tertiary alicyclic amines) is 1. The number of ether oxygens (including phenoxy) is 1. The second-order valence-electron chi connectivity index (χ2n) is 5.13. The summed E-state index contributed by atoms with van der Waals surface area (Å²) in [6, 6.07) is -0.320. The number of aliphatic hydroxyl groups is 2. The summed E-state index contributed by atoms with van der Waals surface area (Å²) in [4.78, 5) is 13.3. The highest BCUT2D eigenvalue weighted by atomic mass is 16.6. The molecule has 0 bridgehead atoms. The normalized spacial score (nSPS) is 23.3. The van der Waals surface area contributed by atoms with Crippen molar-refractivity contribution in [1.82, 2.24) is 4.90 Å². The van der Waals surface area contributed by atoms with Crippen LogP contribution in [-0.2, 0) is 4.74 Å². The summed E-state index contributed by atoms with van der Waals surface area (Å²) in [6.45, 7) is 5.66. The van der Waals surface area contributed by atoms with Crippen molar-refractivity contribution in [3.8, 4) is 0 Å². The van der Waals surface area contributed by atoms with E-state index in [2.05, 4.69) is 0 Å². The largest absolute Gasteiger partial charge is 0.444 e. The van der Waals surface area contributed by atoms with Gasteiger partial charge in [-0.2, -0.15) is 0 Å². The third kappa shape index (κ3) is 3.35. The van der Waals surface area contributed by atoms with Crippen LogP contribution in [-0.4, -0.2) is 52.1 Å². The molecule has 0 aromatic carbocycles. The summed E-state index contributed by atoms with van der Waals surface area (Å²) in [7, 11) is 0. The van der Waals surface area contributed by atoms with E-state index < -0.39 is 17.8 Å². The van der Waals surface area contributed by atoms with E-state index in [-0.39, 0.29) is 12.6 Å². The maximum absolute atomic E-state index is 11.8. The highest BCUT2D eigenvalue weighted by Crippen LogP contribution is 2.22. The molecule has 0 aromatic heterocycles. The second-order valence-corrected chi connectivity index (χ2v) is 5.13. The Morgan fingerprint density at radius 1 is 1.56 bits per heavy atom. The van der Waals surface area contributed by atoms with Gasteiger partial charge in [-0.25, -0.2) is 4.79 Å². The number of hydrogen-bond acceptors (Lipinski definition) is 4. The molecule has 0 aliphatic carbocycles. The zero-order chi connectivity index (χ0) is 12.3. The average molecular weight is 231 g/mol. The lowest BCUT2D eigenvalue weighted by molar-refractivity contribution is -0.00623. The van der Waals surface area contributed by atoms with Crippen molar-refractivity contribution in [3.05, 3.63) is 0 Å². The first-order chi connectivity index (χ1) is 7.35. The van der Waals surface area contributed by atoms with Gasteiger partial charge < -0.3 is 19.8 Å². The fourth-order valence-electron chi connectivity index (χ4n) is 1.86. The van der Waals surface area contributed by atoms with Crippen molar-refractivity contribution in [2.75, 3.05) is 13.2 Å². The summed E-state index contributed by atoms with van der Waals surface area (Å²) in [6.07, 6.45) is 0.250. The van der Waals surface area contributed by atoms with Crippen LogP contribution in [0.1, 0.15) is 33.6 Å². The number of nitrogens with zero attached hydrogens (tertiary/aromatic N) is 1. The number of hydrogen-bond donors (Lipinski definition) is 2. The molecule has 0 aromatic rings. The minimum absolute atomic E-state index is 0.320. The van der Waals surface area contributed by atoms with E-state index >= 15 is 0 Å². The van der Waals surface area contributed by atoms with Crippen LogP contribution in [0.5, 0.6) is 0 Å². The first kappa shape index (κ1) is 13.3. The number of rotatable bonds is 2. The van der Waals surface area contributed by atoms with Crippen molar-refractivity contribution in [3.63, 3.8) is 0 Å². The summed E-state index contributed by atoms with van der Waals surface area (Å²) in [5, 5.41) is 18.5. The van der Waals surface area contributed by atoms with Crippen molar-refractivity contribution in [1.29, 1.82) is 0 Å². The Balaban J connectivity index is 2.61. The maximum Gasteiger partial charge on any atom is 0.410 e. The van der Waals surface area contributed by atoms with Crippen molar-refractivity contribution < 1.29 is 19.7 Å². The molecule has 1 aliphatic heterocycles. The van der Waals surface area contributed by atoms with E-state index in [1.165, 1.54) is 4.90 Å². The van der Waals surface area contributed by atoms with Gasteiger partial charge >= 0.3 is 6.09 Å². The van der Waals surface area contributed by atoms with Crippen LogP contribution in [0, 0.1) is 0 Å². The van der Waals surface area contributed by atoms with Crippen LogP contribution in [0.15, 0.2) is 0 Å². The van der Waals surface area contributed by atoms with Crippen LogP contribution in [0.25, 0.3) is 0 Å². The Labute approximate surface area is 96.0 Å². The van der Waals surface area contributed by atoms with E-state index in [1.54, 1.807) is 20.8 Å². The standard InChI is InChI=1S/C11H21NO4/c1-11(2,3)16-10(15)12-6-4-5-8(12)9(14)7-13/h8-9,13-14H,4-7H2,1-3H3/t8?,9-/m0/s1. The van der Waals surface area contributed by atoms with Gasteiger partial charge in [0.2, 0.25) is 0 Å². The summed E-state index contributed by atoms with van der Waals surface area (Å²) in [5.41, 5.74) is -0.533. The van der Waals surface area contributed by atoms with Gasteiger partial charge in [0.15, 0.2) is 0 Å². The van der Waals surface area contributed by atoms with Gasteiger partial charge in [-0.3, -0.25) is 0 Å². The lowest BCUT2D eigenvalue weighted by atomic mass is 10.1. The Hall–Kier alpha value is -0.810. The van der Waals surface area contributed by atoms with Crippen LogP contribution >= 0.6 is 0 Å². The zero-order valence-electron chi connectivity index (χ0n) is 10.1. The molecule has 1 rings (SSSR count). The van der Waals surface area contributed by atoms with E-state index in [0.29, 0.717) is 13.0 Å². The van der Waals surface area contributed by atoms with Crippen LogP contribution in [0.4, 0.5) is 4.79 Å². The van der Waals surface area contributed by atoms with Crippen LogP contribution in [0.3, 0.4) is 0 Å². The Morgan fingerprint density at radius 2 is 2.19 bits per heavy atom. The third-order valence-electron chi connectivity index (χ3n) is 2.56. The fourth-order valence-corrected chi connectivity index (χ4v) is 1.86. The van der Waals surface area contributed by atoms with E-state index in [4.69, 9.17) is 9.84 Å². The van der Waals surface area contributed by atoms with E-state index in [1.807, 2.05) is 0 Å². The van der Waals surface area contributed by atoms with Gasteiger partial charge in [0.05, 0.1) is 18.8 Å². The zero-order valence-corrected chi connectivity index (χ0v) is 10.1. The third-order valence-corrected chi connectivity index (χ3v) is 2.56. The van der Waals surface area contributed by atoms with Gasteiger partial charge in [0.1, 0.15) is 5.60 Å². The molecule has 1 fully saturated rings. The molecule has 1 heterocycles. The molecule has 0 spiro atoms. The Morgan fingerprint density at radius 3 is 2.69 bits per heavy atom. The predicted molar refractivity (Wildman–Crippen MR) is 59.1 cm³/mol. The fraction of sp³-hybridized carbons (Fsp3) is 0.909. The van der Waals surface area contributed by atoms with Crippen molar-refractivity contribution in [2.45, 2.75) is 51.4 Å². The lowest BCUT2D eigenvalue weighted by Crippen LogP contribution is -2.46. The molecule has 1 amide bonds. The summed E-state index contributed by atoms with van der Waals surface area (Å²) < 4.78 is 5.24. The van der Waals surface area contributed by atoms with E-state index in [0.717, 1.165) is 6.42 Å². The van der Waals surface area contributed by atoms with Gasteiger partial charge in [0.25, 0.3) is 0 Å². The number of aliphatic hydroxyl groups excluding tert-OH is 2. The molecular formula is C11H21NO4. The lowest BCUT2D eigenvalue weighted by Gasteiger charge is -2.30. The quantitative estimate of drug-likeness (QED) is 0.735. The van der Waals surface area contributed by atoms with Crippen molar-refractivity contribution in [2.24, 2.45) is 0 Å². The number of amides is 1. The molecule has 5 heteroatoms. The molecule has 0 saturated carbocycles. The molecule has 16 heavy (non-hydrogen) atoms. The molecule has 2 N–H and O–H groups in total. The molecule has 5 nitrogen and oxygen atoms in total. The molecule has 94 valence electrons. The Kier molecular flexibility index (Phi) is 4.15. The first-order valence-corrected chi connectivity index (χ1v) is 5.63. The van der Waals surface area contributed by atoms with E-state index in [9.17, 15) is 9.90 Å². The minimum Gasteiger partial charge on any atom is -0.444 e. The highest BCUT2D eigenvalue weighted by Gasteiger charge is 2.35. The van der Waals surface area contributed by atoms with Crippen LogP contribution in [0.2, 0.25) is 0 Å². The van der Waals surface area contributed by atoms with Gasteiger partial charge in [-0.05, 0) is 33.6 Å². The first-order valence-electron chi connectivity index (χ1n) is 5.63. The molecule has 0 radical (unpaired) electrons. The molecule has 1 aliphatic rings. The van der Waals surface area contributed by atoms with Crippen LogP contribution < -0.4 is 0 Å². The molecule has 1 saturated heterocycles. The highest BCUT2D eigenvalue weighted by molar-refractivity contribution is 5.69. The monoisotopic (exact) mass is 231 g/mol. The molecule has 2 atom stereocenters. The smallest absolute Gasteiger partial charge is 0.410 e. The Bertz CT molecular complexity index is 249. The topological polar surface area (TPSA) is 70.0 Å². The second kappa shape index (κ2) is 5.01. The SMILES string of the molecule is CC(C)(C)OC(=O)N1CCCC1[C@@H](O)CO. The average Bonchev–Trinajstić information content (AvgIpc) is 2.62. The predicted octanol–water partition coefficient (Wildman–Crippen LogP) is 0.739. The summed E-state index contributed by atoms with van der Waals surface area (Å²) in [5.74, 6) is 0. The maximum atomic E-state index is 11.8. The summed E-state index contributed by atoms with van der Waals surface area (Å²) >= 11 is 0. The van der Waals surface area contributed by atoms with Gasteiger partial charge in [-0.1, -0.05) is 0 Å². The van der Waals surface area contributed by atoms with Gasteiger partial charge in [0, 0.05) is 6.54 Å². The minimum atomic E-state index is -0.880. The number of carbonyl (C=O) groups excluding carboxylic acids is 1. The van der Waals surface area contributed by atoms with Crippen molar-refractivity contribution >= 4 is 6.09 Å². The molecule has 1 unspecified atom stereocenters. The van der Waals surface area contributed by atoms with Gasteiger partial charge in [-0.15, -0.1) is 0 Å². The molecular weight excluding hydrogens is 210 g/mol.